The number of hydrogen-bond donors (Lipinski definition) is 2. The van der Waals surface area contributed by atoms with Crippen molar-refractivity contribution in [2.75, 3.05) is 31.7 Å². The summed E-state index contributed by atoms with van der Waals surface area (Å²) in [5.74, 6) is 2.28. The second-order valence-electron chi connectivity index (χ2n) is 8.08. The fourth-order valence-corrected chi connectivity index (χ4v) is 3.70. The smallest absolute Gasteiger partial charge is 0.254 e. The minimum atomic E-state index is -0.161. The van der Waals surface area contributed by atoms with Crippen LogP contribution in [-0.4, -0.2) is 49.0 Å². The van der Waals surface area contributed by atoms with Gasteiger partial charge in [-0.05, 0) is 43.2 Å². The summed E-state index contributed by atoms with van der Waals surface area (Å²) in [6.07, 6.45) is 4.15. The van der Waals surface area contributed by atoms with E-state index in [4.69, 9.17) is 14.2 Å². The van der Waals surface area contributed by atoms with Gasteiger partial charge in [0.15, 0.2) is 0 Å². The van der Waals surface area contributed by atoms with Gasteiger partial charge >= 0.3 is 0 Å². The molecule has 0 unspecified atom stereocenters. The van der Waals surface area contributed by atoms with E-state index < -0.39 is 0 Å². The Kier molecular flexibility index (Phi) is 7.02. The van der Waals surface area contributed by atoms with Gasteiger partial charge in [-0.25, -0.2) is 0 Å². The maximum absolute atomic E-state index is 12.2. The van der Waals surface area contributed by atoms with Gasteiger partial charge in [-0.15, -0.1) is 0 Å². The summed E-state index contributed by atoms with van der Waals surface area (Å²) >= 11 is 0. The summed E-state index contributed by atoms with van der Waals surface area (Å²) in [6.45, 7) is 6.29. The molecular weight excluding hydrogens is 420 g/mol. The Morgan fingerprint density at radius 2 is 1.97 bits per heavy atom. The molecule has 1 aliphatic rings. The highest BCUT2D eigenvalue weighted by Crippen LogP contribution is 2.35. The molecule has 2 N–H and O–H groups in total. The predicted octanol–water partition coefficient (Wildman–Crippen LogP) is 3.97. The lowest BCUT2D eigenvalue weighted by Crippen LogP contribution is -2.54. The molecular formula is C25H30N4O4. The molecule has 2 heterocycles. The van der Waals surface area contributed by atoms with Crippen LogP contribution in [0.4, 0.5) is 5.69 Å². The number of carbonyl (C=O) groups is 1. The number of rotatable bonds is 10. The van der Waals surface area contributed by atoms with Crippen molar-refractivity contribution in [3.63, 3.8) is 0 Å². The second kappa shape index (κ2) is 10.3. The van der Waals surface area contributed by atoms with Gasteiger partial charge in [0.1, 0.15) is 23.4 Å². The minimum Gasteiger partial charge on any atom is -0.494 e. The number of amides is 1. The summed E-state index contributed by atoms with van der Waals surface area (Å²) in [6, 6.07) is 13.7. The number of hydrogen-bond acceptors (Lipinski definition) is 6. The minimum absolute atomic E-state index is 0.106. The quantitative estimate of drug-likeness (QED) is 0.486. The van der Waals surface area contributed by atoms with Crippen molar-refractivity contribution in [3.05, 3.63) is 66.0 Å². The van der Waals surface area contributed by atoms with Gasteiger partial charge in [-0.2, -0.15) is 5.10 Å². The van der Waals surface area contributed by atoms with Gasteiger partial charge < -0.3 is 24.4 Å². The number of H-pyrrole nitrogens is 1. The Morgan fingerprint density at radius 3 is 2.64 bits per heavy atom. The molecule has 0 bridgehead atoms. The van der Waals surface area contributed by atoms with Crippen molar-refractivity contribution in [3.8, 4) is 17.2 Å². The van der Waals surface area contributed by atoms with Crippen molar-refractivity contribution in [1.82, 2.24) is 15.5 Å². The highest BCUT2D eigenvalue weighted by Gasteiger charge is 2.30. The number of aromatic nitrogens is 2. The first kappa shape index (κ1) is 22.5. The highest BCUT2D eigenvalue weighted by molar-refractivity contribution is 5.93. The molecule has 2 aromatic carbocycles. The molecule has 1 atom stereocenters. The van der Waals surface area contributed by atoms with Crippen molar-refractivity contribution < 1.29 is 19.0 Å². The first-order valence-corrected chi connectivity index (χ1v) is 11.2. The van der Waals surface area contributed by atoms with Gasteiger partial charge in [-0.1, -0.05) is 19.1 Å². The summed E-state index contributed by atoms with van der Waals surface area (Å²) in [7, 11) is 1.68. The van der Waals surface area contributed by atoms with Gasteiger partial charge in [0.2, 0.25) is 0 Å². The Bertz CT molecular complexity index is 1050. The number of ether oxygens (including phenoxy) is 3. The Morgan fingerprint density at radius 1 is 1.21 bits per heavy atom. The van der Waals surface area contributed by atoms with Gasteiger partial charge in [-0.3, -0.25) is 9.89 Å². The molecule has 8 nitrogen and oxygen atoms in total. The van der Waals surface area contributed by atoms with Crippen LogP contribution < -0.4 is 24.4 Å². The number of nitrogens with one attached hydrogen (secondary N) is 2. The number of nitrogens with zero attached hydrogens (tertiary/aromatic N) is 2. The van der Waals surface area contributed by atoms with Crippen molar-refractivity contribution in [2.45, 2.75) is 32.4 Å². The molecule has 1 aromatic heterocycles. The summed E-state index contributed by atoms with van der Waals surface area (Å²) in [4.78, 5) is 14.4. The SMILES string of the molecule is CCCOc1ccc(N2CC(Oc3ccc([C@H](C)NC(=O)c4cn[nH]c4)cc3)C2)c(OC)c1. The van der Waals surface area contributed by atoms with Gasteiger partial charge in [0, 0.05) is 12.3 Å². The van der Waals surface area contributed by atoms with E-state index in [2.05, 4.69) is 27.3 Å². The van der Waals surface area contributed by atoms with E-state index in [0.29, 0.717) is 12.2 Å². The molecule has 4 rings (SSSR count). The molecule has 0 radical (unpaired) electrons. The zero-order valence-corrected chi connectivity index (χ0v) is 19.2. The number of benzene rings is 2. The van der Waals surface area contributed by atoms with Crippen LogP contribution >= 0.6 is 0 Å². The molecule has 0 spiro atoms. The zero-order chi connectivity index (χ0) is 23.2. The maximum Gasteiger partial charge on any atom is 0.254 e. The van der Waals surface area contributed by atoms with Crippen LogP contribution in [0.15, 0.2) is 54.9 Å². The lowest BCUT2D eigenvalue weighted by Gasteiger charge is -2.41. The lowest BCUT2D eigenvalue weighted by atomic mass is 10.1. The third-order valence-corrected chi connectivity index (χ3v) is 5.60. The fraction of sp³-hybridized carbons (Fsp3) is 0.360. The normalized spacial score (nSPS) is 14.3. The molecule has 3 aromatic rings. The van der Waals surface area contributed by atoms with Gasteiger partial charge in [0.25, 0.3) is 5.91 Å². The van der Waals surface area contributed by atoms with Crippen LogP contribution in [-0.2, 0) is 0 Å². The first-order valence-electron chi connectivity index (χ1n) is 11.2. The number of anilines is 1. The summed E-state index contributed by atoms with van der Waals surface area (Å²) in [5, 5.41) is 9.42. The average Bonchev–Trinajstić information content (AvgIpc) is 3.35. The van der Waals surface area contributed by atoms with E-state index in [9.17, 15) is 4.79 Å². The number of aromatic amines is 1. The van der Waals surface area contributed by atoms with Crippen LogP contribution in [0.1, 0.15) is 42.2 Å². The van der Waals surface area contributed by atoms with Crippen molar-refractivity contribution in [2.24, 2.45) is 0 Å². The summed E-state index contributed by atoms with van der Waals surface area (Å²) < 4.78 is 17.4. The molecule has 0 aliphatic carbocycles. The standard InChI is InChI=1S/C25H30N4O4/c1-4-11-32-21-9-10-23(24(12-21)31-3)29-15-22(16-29)33-20-7-5-18(6-8-20)17(2)28-25(30)19-13-26-27-14-19/h5-10,12-14,17,22H,4,11,15-16H2,1-3H3,(H,26,27)(H,28,30)/t17-/m0/s1. The van der Waals surface area contributed by atoms with Crippen LogP contribution in [0.25, 0.3) is 0 Å². The van der Waals surface area contributed by atoms with E-state index in [0.717, 1.165) is 48.0 Å². The fourth-order valence-electron chi connectivity index (χ4n) is 3.70. The third kappa shape index (κ3) is 5.39. The molecule has 33 heavy (non-hydrogen) atoms. The Balaban J connectivity index is 1.28. The average molecular weight is 451 g/mol. The van der Waals surface area contributed by atoms with E-state index >= 15 is 0 Å². The molecule has 1 fully saturated rings. The molecule has 8 heteroatoms. The third-order valence-electron chi connectivity index (χ3n) is 5.60. The molecule has 1 aliphatic heterocycles. The van der Waals surface area contributed by atoms with E-state index in [1.807, 2.05) is 49.4 Å². The monoisotopic (exact) mass is 450 g/mol. The maximum atomic E-state index is 12.2. The largest absolute Gasteiger partial charge is 0.494 e. The van der Waals surface area contributed by atoms with Crippen LogP contribution in [0, 0.1) is 0 Å². The highest BCUT2D eigenvalue weighted by atomic mass is 16.5. The zero-order valence-electron chi connectivity index (χ0n) is 19.2. The van der Waals surface area contributed by atoms with Crippen molar-refractivity contribution in [1.29, 1.82) is 0 Å². The number of methoxy groups -OCH3 is 1. The second-order valence-corrected chi connectivity index (χ2v) is 8.08. The van der Waals surface area contributed by atoms with Crippen LogP contribution in [0.5, 0.6) is 17.2 Å². The van der Waals surface area contributed by atoms with E-state index in [1.54, 1.807) is 13.3 Å². The Hall–Kier alpha value is -3.68. The predicted molar refractivity (Wildman–Crippen MR) is 126 cm³/mol. The van der Waals surface area contributed by atoms with Gasteiger partial charge in [0.05, 0.1) is 50.3 Å². The molecule has 0 saturated carbocycles. The van der Waals surface area contributed by atoms with E-state index in [-0.39, 0.29) is 18.1 Å². The molecule has 1 saturated heterocycles. The van der Waals surface area contributed by atoms with Crippen LogP contribution in [0.2, 0.25) is 0 Å². The lowest BCUT2D eigenvalue weighted by molar-refractivity contribution is 0.0940. The Labute approximate surface area is 193 Å². The first-order chi connectivity index (χ1) is 16.1. The van der Waals surface area contributed by atoms with E-state index in [1.165, 1.54) is 6.20 Å². The topological polar surface area (TPSA) is 88.7 Å². The molecule has 1 amide bonds. The summed E-state index contributed by atoms with van der Waals surface area (Å²) in [5.41, 5.74) is 2.55. The molecule has 174 valence electrons. The number of carbonyl (C=O) groups excluding carboxylic acids is 1. The van der Waals surface area contributed by atoms with Crippen molar-refractivity contribution >= 4 is 11.6 Å². The van der Waals surface area contributed by atoms with Crippen LogP contribution in [0.3, 0.4) is 0 Å².